The van der Waals surface area contributed by atoms with Crippen molar-refractivity contribution in [2.75, 3.05) is 13.7 Å². The Balaban J connectivity index is 2.13. The van der Waals surface area contributed by atoms with Crippen LogP contribution in [-0.4, -0.2) is 40.7 Å². The maximum Gasteiger partial charge on any atom is 0.471 e. The van der Waals surface area contributed by atoms with Crippen LogP contribution in [0.4, 0.5) is 13.2 Å². The number of methoxy groups -OCH3 is 1. The van der Waals surface area contributed by atoms with E-state index in [9.17, 15) is 18.0 Å². The minimum absolute atomic E-state index is 0.119. The first-order valence-corrected chi connectivity index (χ1v) is 8.08. The standard InChI is InChI=1S/C17H20F3N3O3/c1-4-9-23(15(24)11(2)25-3)10-12-5-7-13(8-6-12)14-21-16(26-22-14)17(18,19)20/h5-8,11H,4,9-10H2,1-3H3. The van der Waals surface area contributed by atoms with Crippen molar-refractivity contribution in [3.63, 3.8) is 0 Å². The highest BCUT2D eigenvalue weighted by Gasteiger charge is 2.38. The predicted octanol–water partition coefficient (Wildman–Crippen LogP) is 3.53. The van der Waals surface area contributed by atoms with Gasteiger partial charge in [-0.3, -0.25) is 4.79 Å². The third kappa shape index (κ3) is 4.81. The van der Waals surface area contributed by atoms with Crippen LogP contribution in [0.1, 0.15) is 31.7 Å². The number of aromatic nitrogens is 2. The van der Waals surface area contributed by atoms with Crippen molar-refractivity contribution in [2.45, 2.75) is 39.1 Å². The third-order valence-corrected chi connectivity index (χ3v) is 3.76. The van der Waals surface area contributed by atoms with Crippen molar-refractivity contribution in [1.29, 1.82) is 0 Å². The van der Waals surface area contributed by atoms with Gasteiger partial charge < -0.3 is 14.2 Å². The molecule has 0 radical (unpaired) electrons. The fourth-order valence-corrected chi connectivity index (χ4v) is 2.33. The second kappa shape index (κ2) is 8.31. The van der Waals surface area contributed by atoms with Gasteiger partial charge in [0.25, 0.3) is 5.91 Å². The van der Waals surface area contributed by atoms with Crippen LogP contribution in [0.25, 0.3) is 11.4 Å². The number of alkyl halides is 3. The van der Waals surface area contributed by atoms with E-state index in [1.807, 2.05) is 6.92 Å². The van der Waals surface area contributed by atoms with Gasteiger partial charge in [0, 0.05) is 25.8 Å². The lowest BCUT2D eigenvalue weighted by molar-refractivity contribution is -0.159. The van der Waals surface area contributed by atoms with Gasteiger partial charge in [-0.15, -0.1) is 0 Å². The summed E-state index contributed by atoms with van der Waals surface area (Å²) in [6.45, 7) is 4.60. The Labute approximate surface area is 148 Å². The van der Waals surface area contributed by atoms with E-state index in [1.165, 1.54) is 7.11 Å². The Hall–Kier alpha value is -2.42. The highest BCUT2D eigenvalue weighted by Crippen LogP contribution is 2.29. The molecule has 1 aromatic carbocycles. The van der Waals surface area contributed by atoms with Gasteiger partial charge in [-0.25, -0.2) is 0 Å². The van der Waals surface area contributed by atoms with Gasteiger partial charge in [0.05, 0.1) is 0 Å². The number of ether oxygens (including phenoxy) is 1. The van der Waals surface area contributed by atoms with E-state index in [2.05, 4.69) is 14.7 Å². The molecule has 1 heterocycles. The van der Waals surface area contributed by atoms with Crippen molar-refractivity contribution in [3.05, 3.63) is 35.7 Å². The summed E-state index contributed by atoms with van der Waals surface area (Å²) in [5.74, 6) is -1.64. The first kappa shape index (κ1) is 19.9. The molecule has 0 spiro atoms. The molecule has 1 aromatic heterocycles. The monoisotopic (exact) mass is 371 g/mol. The number of nitrogens with zero attached hydrogens (tertiary/aromatic N) is 3. The van der Waals surface area contributed by atoms with Gasteiger partial charge in [0.15, 0.2) is 0 Å². The van der Waals surface area contributed by atoms with E-state index >= 15 is 0 Å². The molecule has 0 aliphatic carbocycles. The largest absolute Gasteiger partial charge is 0.471 e. The molecule has 0 saturated carbocycles. The number of hydrogen-bond donors (Lipinski definition) is 0. The third-order valence-electron chi connectivity index (χ3n) is 3.76. The zero-order chi connectivity index (χ0) is 19.3. The SMILES string of the molecule is CCCN(Cc1ccc(-c2noc(C(F)(F)F)n2)cc1)C(=O)C(C)OC. The molecule has 0 aliphatic rings. The number of carbonyl (C=O) groups is 1. The van der Waals surface area contributed by atoms with Gasteiger partial charge in [-0.2, -0.15) is 18.2 Å². The van der Waals surface area contributed by atoms with E-state index in [-0.39, 0.29) is 11.7 Å². The molecular formula is C17H20F3N3O3. The maximum atomic E-state index is 12.5. The molecule has 0 N–H and O–H groups in total. The topological polar surface area (TPSA) is 68.5 Å². The molecule has 26 heavy (non-hydrogen) atoms. The Kier molecular flexibility index (Phi) is 6.36. The lowest BCUT2D eigenvalue weighted by Gasteiger charge is -2.25. The van der Waals surface area contributed by atoms with Gasteiger partial charge in [0.2, 0.25) is 5.82 Å². The van der Waals surface area contributed by atoms with E-state index in [0.717, 1.165) is 12.0 Å². The zero-order valence-electron chi connectivity index (χ0n) is 14.7. The average molecular weight is 371 g/mol. The first-order chi connectivity index (χ1) is 12.3. The Morgan fingerprint density at radius 1 is 1.31 bits per heavy atom. The number of hydrogen-bond acceptors (Lipinski definition) is 5. The van der Waals surface area contributed by atoms with Crippen LogP contribution in [0, 0.1) is 0 Å². The molecule has 0 bridgehead atoms. The molecule has 0 fully saturated rings. The summed E-state index contributed by atoms with van der Waals surface area (Å²) in [6, 6.07) is 6.61. The molecule has 6 nitrogen and oxygen atoms in total. The number of rotatable bonds is 7. The minimum atomic E-state index is -4.68. The summed E-state index contributed by atoms with van der Waals surface area (Å²) >= 11 is 0. The van der Waals surface area contributed by atoms with Gasteiger partial charge in [0.1, 0.15) is 6.10 Å². The molecule has 1 unspecified atom stereocenters. The summed E-state index contributed by atoms with van der Waals surface area (Å²) in [4.78, 5) is 17.3. The summed E-state index contributed by atoms with van der Waals surface area (Å²) in [5.41, 5.74) is 1.23. The summed E-state index contributed by atoms with van der Waals surface area (Å²) in [7, 11) is 1.47. The Morgan fingerprint density at radius 3 is 2.46 bits per heavy atom. The molecule has 0 saturated heterocycles. The molecule has 2 aromatic rings. The normalized spacial score (nSPS) is 12.8. The maximum absolute atomic E-state index is 12.5. The number of benzene rings is 1. The molecule has 142 valence electrons. The molecule has 9 heteroatoms. The van der Waals surface area contributed by atoms with Crippen LogP contribution in [-0.2, 0) is 22.3 Å². The minimum Gasteiger partial charge on any atom is -0.372 e. The zero-order valence-corrected chi connectivity index (χ0v) is 14.7. The highest BCUT2D eigenvalue weighted by molar-refractivity contribution is 5.80. The van der Waals surface area contributed by atoms with Gasteiger partial charge >= 0.3 is 12.1 Å². The Morgan fingerprint density at radius 2 is 1.96 bits per heavy atom. The van der Waals surface area contributed by atoms with E-state index in [4.69, 9.17) is 4.74 Å². The molecule has 1 atom stereocenters. The quantitative estimate of drug-likeness (QED) is 0.745. The summed E-state index contributed by atoms with van der Waals surface area (Å²) in [5, 5.41) is 3.35. The number of carbonyl (C=O) groups excluding carboxylic acids is 1. The second-order valence-corrected chi connectivity index (χ2v) is 5.76. The van der Waals surface area contributed by atoms with Crippen LogP contribution < -0.4 is 0 Å². The van der Waals surface area contributed by atoms with Crippen LogP contribution in [0.3, 0.4) is 0 Å². The van der Waals surface area contributed by atoms with Crippen molar-refractivity contribution in [1.82, 2.24) is 15.0 Å². The van der Waals surface area contributed by atoms with Crippen molar-refractivity contribution in [3.8, 4) is 11.4 Å². The van der Waals surface area contributed by atoms with E-state index in [0.29, 0.717) is 18.7 Å². The number of amides is 1. The highest BCUT2D eigenvalue weighted by atomic mass is 19.4. The summed E-state index contributed by atoms with van der Waals surface area (Å²) < 4.78 is 46.9. The lowest BCUT2D eigenvalue weighted by atomic mass is 10.1. The van der Waals surface area contributed by atoms with Crippen LogP contribution in [0.15, 0.2) is 28.8 Å². The van der Waals surface area contributed by atoms with Gasteiger partial charge in [-0.05, 0) is 18.9 Å². The molecule has 0 aliphatic heterocycles. The predicted molar refractivity (Wildman–Crippen MR) is 86.9 cm³/mol. The van der Waals surface area contributed by atoms with Crippen LogP contribution >= 0.6 is 0 Å². The van der Waals surface area contributed by atoms with Crippen LogP contribution in [0.2, 0.25) is 0 Å². The van der Waals surface area contributed by atoms with Crippen LogP contribution in [0.5, 0.6) is 0 Å². The van der Waals surface area contributed by atoms with Crippen molar-refractivity contribution >= 4 is 5.91 Å². The molecule has 2 rings (SSSR count). The smallest absolute Gasteiger partial charge is 0.372 e. The van der Waals surface area contributed by atoms with Crippen molar-refractivity contribution < 1.29 is 27.2 Å². The van der Waals surface area contributed by atoms with Crippen molar-refractivity contribution in [2.24, 2.45) is 0 Å². The van der Waals surface area contributed by atoms with Gasteiger partial charge in [-0.1, -0.05) is 36.3 Å². The molecular weight excluding hydrogens is 351 g/mol. The first-order valence-electron chi connectivity index (χ1n) is 8.08. The lowest BCUT2D eigenvalue weighted by Crippen LogP contribution is -2.38. The second-order valence-electron chi connectivity index (χ2n) is 5.76. The fraction of sp³-hybridized carbons (Fsp3) is 0.471. The number of halogens is 3. The molecule has 1 amide bonds. The average Bonchev–Trinajstić information content (AvgIpc) is 3.11. The summed E-state index contributed by atoms with van der Waals surface area (Å²) in [6.07, 6.45) is -4.42. The Bertz CT molecular complexity index is 729. The fourth-order valence-electron chi connectivity index (χ4n) is 2.33. The van der Waals surface area contributed by atoms with E-state index in [1.54, 1.807) is 36.1 Å². The van der Waals surface area contributed by atoms with E-state index < -0.39 is 18.2 Å².